The number of carboxylic acids is 1. The van der Waals surface area contributed by atoms with Crippen LogP contribution < -0.4 is 61.1 Å². The summed E-state index contributed by atoms with van der Waals surface area (Å²) in [6.07, 6.45) is -0.00398. The van der Waals surface area contributed by atoms with Crippen LogP contribution in [0, 0.1) is 23.7 Å². The Morgan fingerprint density at radius 3 is 1.74 bits per heavy atom. The van der Waals surface area contributed by atoms with Gasteiger partial charge in [0.1, 0.15) is 23.1 Å². The molecule has 2 aromatic rings. The SMILES string of the molecule is CC[C@@H](CCCN=C(N)N)C(=O)N[C@@H](CCC(N)=O)C(=O)C[C@@H](CCCN=C(N)N)C(=O)N[C@@H](C)C(=O)C[C@@H](C)C(=O)N[C@@H](C)C(=O)C[C@@H](C)C(=O)N[C@@H](CSCC(=O)c1ccc(-c2c3ccc(=O)cc-3oc3cc(O)ccc23)c(C(=O)O)c1)C(N)=O. The standard InChI is InChI=1S/C59H78N12O15S/c1-6-33(9-7-19-66-58(62)63)55(82)70-42(17-18-50(60)78)46(76)24-35(10-8-20-67-59(64)65)56(83)69-32(5)45(75)21-29(2)53(80)68-31(4)44(74)22-30(3)54(81)71-43(52(61)79)27-87-28-47(77)34-11-14-38(41(23-34)57(84)85)51-39-15-12-36(72)25-48(39)86-49-26-37(73)13-16-40(49)51/h11-16,23,25-26,29-33,35,42-43,72H,6-10,17-22,24,27-28H2,1-5H3,(H2,60,78)(H2,61,79)(H,68,80)(H,69,83)(H,70,82)(H,71,81)(H,84,85)(H4,62,63,66)(H4,64,65,67)/t29-,30-,31+,32+,33+,35-,42+,43+/m1/s1. The molecule has 0 aromatic heterocycles. The summed E-state index contributed by atoms with van der Waals surface area (Å²) in [5.41, 5.74) is 33.3. The number of aromatic hydroxyl groups is 1. The van der Waals surface area contributed by atoms with Crippen LogP contribution in [0.4, 0.5) is 0 Å². The smallest absolute Gasteiger partial charge is 0.336 e. The van der Waals surface area contributed by atoms with E-state index < -0.39 is 125 Å². The Labute approximate surface area is 505 Å². The van der Waals surface area contributed by atoms with E-state index in [1.807, 2.05) is 0 Å². The molecule has 87 heavy (non-hydrogen) atoms. The first-order valence-corrected chi connectivity index (χ1v) is 29.3. The van der Waals surface area contributed by atoms with Gasteiger partial charge in [-0.3, -0.25) is 62.7 Å². The van der Waals surface area contributed by atoms with Crippen molar-refractivity contribution < 1.29 is 67.4 Å². The van der Waals surface area contributed by atoms with E-state index in [0.29, 0.717) is 35.8 Å². The molecule has 2 aliphatic rings. The van der Waals surface area contributed by atoms with Gasteiger partial charge in [-0.2, -0.15) is 11.8 Å². The summed E-state index contributed by atoms with van der Waals surface area (Å²) in [4.78, 5) is 165. The summed E-state index contributed by atoms with van der Waals surface area (Å²) >= 11 is 0.929. The van der Waals surface area contributed by atoms with Crippen molar-refractivity contribution in [1.82, 2.24) is 21.3 Å². The first-order chi connectivity index (χ1) is 41.0. The Morgan fingerprint density at radius 2 is 1.17 bits per heavy atom. The number of hydrogen-bond donors (Lipinski definition) is 12. The fraction of sp³-hybridized carbons (Fsp3) is 0.458. The molecule has 2 aromatic carbocycles. The number of rotatable bonds is 37. The number of nitrogens with zero attached hydrogens (tertiary/aromatic N) is 2. The molecule has 28 heteroatoms. The first kappa shape index (κ1) is 70.3. The third-order valence-corrected chi connectivity index (χ3v) is 15.4. The number of phenolic OH excluding ortho intramolecular Hbond substituents is 1. The Balaban J connectivity index is 1.31. The van der Waals surface area contributed by atoms with Gasteiger partial charge in [0, 0.05) is 102 Å². The summed E-state index contributed by atoms with van der Waals surface area (Å²) in [7, 11) is 0. The number of aliphatic imine (C=N–C) groups is 2. The number of phenols is 1. The van der Waals surface area contributed by atoms with Gasteiger partial charge in [0.2, 0.25) is 35.4 Å². The van der Waals surface area contributed by atoms with Crippen molar-refractivity contribution >= 4 is 99.2 Å². The molecule has 4 rings (SSSR count). The maximum Gasteiger partial charge on any atom is 0.336 e. The number of amides is 6. The number of fused-ring (bicyclic) bond motifs is 2. The minimum atomic E-state index is -1.37. The van der Waals surface area contributed by atoms with E-state index >= 15 is 0 Å². The van der Waals surface area contributed by atoms with Gasteiger partial charge < -0.3 is 70.3 Å². The molecule has 6 amide bonds. The molecule has 0 bridgehead atoms. The highest BCUT2D eigenvalue weighted by Crippen LogP contribution is 2.42. The van der Waals surface area contributed by atoms with E-state index in [9.17, 15) is 67.7 Å². The molecule has 1 aliphatic heterocycles. The summed E-state index contributed by atoms with van der Waals surface area (Å²) in [6, 6.07) is 7.53. The third kappa shape index (κ3) is 21.7. The maximum absolute atomic E-state index is 13.9. The van der Waals surface area contributed by atoms with Crippen molar-refractivity contribution in [2.45, 2.75) is 123 Å². The Hall–Kier alpha value is -9.21. The number of hydrogen-bond acceptors (Lipinski definition) is 17. The third-order valence-electron chi connectivity index (χ3n) is 14.4. The Bertz CT molecular complexity index is 3300. The van der Waals surface area contributed by atoms with Crippen molar-refractivity contribution in [2.75, 3.05) is 24.6 Å². The molecule has 1 heterocycles. The molecule has 0 radical (unpaired) electrons. The number of aromatic carboxylic acids is 1. The van der Waals surface area contributed by atoms with Crippen LogP contribution in [0.3, 0.4) is 0 Å². The molecule has 470 valence electrons. The Kier molecular flexibility index (Phi) is 27.0. The van der Waals surface area contributed by atoms with Gasteiger partial charge in [-0.1, -0.05) is 32.9 Å². The van der Waals surface area contributed by atoms with Gasteiger partial charge >= 0.3 is 5.97 Å². The molecule has 0 unspecified atom stereocenters. The highest BCUT2D eigenvalue weighted by molar-refractivity contribution is 8.00. The quantitative estimate of drug-likeness (QED) is 0.0100. The number of carbonyl (C=O) groups excluding carboxylic acids is 10. The number of ketones is 4. The molecule has 1 aliphatic carbocycles. The van der Waals surface area contributed by atoms with Gasteiger partial charge in [-0.25, -0.2) is 4.79 Å². The van der Waals surface area contributed by atoms with Crippen LogP contribution in [-0.4, -0.2) is 135 Å². The van der Waals surface area contributed by atoms with Crippen molar-refractivity contribution in [3.8, 4) is 28.2 Å². The maximum atomic E-state index is 13.9. The topological polar surface area (TPSA) is 487 Å². The highest BCUT2D eigenvalue weighted by atomic mass is 32.2. The number of primary amides is 2. The van der Waals surface area contributed by atoms with Crippen LogP contribution in [0.5, 0.6) is 5.75 Å². The summed E-state index contributed by atoms with van der Waals surface area (Å²) in [5.74, 6) is -12.2. The average molecular weight is 1230 g/mol. The first-order valence-electron chi connectivity index (χ1n) is 28.2. The fourth-order valence-corrected chi connectivity index (χ4v) is 10.3. The van der Waals surface area contributed by atoms with Crippen molar-refractivity contribution in [3.63, 3.8) is 0 Å². The molecule has 27 nitrogen and oxygen atoms in total. The lowest BCUT2D eigenvalue weighted by Crippen LogP contribution is -2.49. The van der Waals surface area contributed by atoms with E-state index in [1.165, 1.54) is 82.3 Å². The van der Waals surface area contributed by atoms with Crippen LogP contribution >= 0.6 is 11.8 Å². The number of carbonyl (C=O) groups is 11. The van der Waals surface area contributed by atoms with Crippen LogP contribution in [0.25, 0.3) is 33.4 Å². The molecule has 0 fully saturated rings. The fourth-order valence-electron chi connectivity index (χ4n) is 9.33. The Morgan fingerprint density at radius 1 is 0.621 bits per heavy atom. The second-order valence-corrected chi connectivity index (χ2v) is 22.4. The van der Waals surface area contributed by atoms with Crippen LogP contribution in [-0.2, 0) is 43.2 Å². The number of guanidine groups is 2. The second kappa shape index (κ2) is 33.5. The zero-order valence-electron chi connectivity index (χ0n) is 49.2. The van der Waals surface area contributed by atoms with Crippen LogP contribution in [0.15, 0.2) is 73.8 Å². The predicted molar refractivity (Wildman–Crippen MR) is 326 cm³/mol. The van der Waals surface area contributed by atoms with Crippen molar-refractivity contribution in [1.29, 1.82) is 0 Å². The van der Waals surface area contributed by atoms with E-state index in [2.05, 4.69) is 31.3 Å². The number of nitrogens with one attached hydrogen (secondary N) is 4. The lowest BCUT2D eigenvalue weighted by Gasteiger charge is -2.24. The van der Waals surface area contributed by atoms with E-state index in [1.54, 1.807) is 6.92 Å². The number of thioether (sulfide) groups is 1. The summed E-state index contributed by atoms with van der Waals surface area (Å²) in [5, 5.41) is 31.3. The molecule has 0 saturated carbocycles. The lowest BCUT2D eigenvalue weighted by molar-refractivity contribution is -0.135. The van der Waals surface area contributed by atoms with Crippen LogP contribution in [0.1, 0.15) is 120 Å². The second-order valence-electron chi connectivity index (χ2n) is 21.3. The zero-order valence-corrected chi connectivity index (χ0v) is 50.0. The normalized spacial score (nSPS) is 13.9. The van der Waals surface area contributed by atoms with Gasteiger partial charge in [0.15, 0.2) is 40.5 Å². The van der Waals surface area contributed by atoms with Crippen molar-refractivity contribution in [3.05, 3.63) is 75.9 Å². The minimum absolute atomic E-state index is 0.0146. The molecular formula is C59H78N12O15S. The predicted octanol–water partition coefficient (Wildman–Crippen LogP) is 1.51. The molecule has 18 N–H and O–H groups in total. The number of benzene rings is 3. The molecule has 8 atom stereocenters. The van der Waals surface area contributed by atoms with Crippen molar-refractivity contribution in [2.24, 2.45) is 68.1 Å². The van der Waals surface area contributed by atoms with Gasteiger partial charge in [-0.15, -0.1) is 0 Å². The monoisotopic (exact) mass is 1230 g/mol. The lowest BCUT2D eigenvalue weighted by atomic mass is 9.89. The molecule has 0 saturated heterocycles. The van der Waals surface area contributed by atoms with Crippen LogP contribution in [0.2, 0.25) is 0 Å². The summed E-state index contributed by atoms with van der Waals surface area (Å²) < 4.78 is 5.87. The average Bonchev–Trinajstić information content (AvgIpc) is 0.982. The van der Waals surface area contributed by atoms with Gasteiger partial charge in [0.05, 0.1) is 29.4 Å². The molecular weight excluding hydrogens is 1150 g/mol. The number of carboxylic acid groups (broad SMARTS) is 1. The minimum Gasteiger partial charge on any atom is -0.508 e. The molecule has 0 spiro atoms. The van der Waals surface area contributed by atoms with Gasteiger partial charge in [0.25, 0.3) is 0 Å². The number of Topliss-reactive ketones (excluding diaryl/α,β-unsaturated/α-hetero) is 4. The highest BCUT2D eigenvalue weighted by Gasteiger charge is 2.33. The van der Waals surface area contributed by atoms with E-state index in [-0.39, 0.29) is 108 Å². The number of nitrogens with two attached hydrogens (primary N) is 6. The van der Waals surface area contributed by atoms with E-state index in [0.717, 1.165) is 11.8 Å². The summed E-state index contributed by atoms with van der Waals surface area (Å²) in [6.45, 7) is 7.79. The van der Waals surface area contributed by atoms with E-state index in [4.69, 9.17) is 38.8 Å². The van der Waals surface area contributed by atoms with Gasteiger partial charge in [-0.05, 0) is 88.3 Å². The largest absolute Gasteiger partial charge is 0.508 e. The zero-order chi connectivity index (χ0) is 64.8.